The number of benzene rings is 2. The van der Waals surface area contributed by atoms with Gasteiger partial charge < -0.3 is 26.0 Å². The molecule has 0 saturated carbocycles. The highest BCUT2D eigenvalue weighted by Crippen LogP contribution is 2.33. The first-order valence-electron chi connectivity index (χ1n) is 10.5. The molecule has 4 rings (SSSR count). The molecule has 1 aromatic heterocycles. The molecule has 3 aromatic rings. The number of aromatic nitrogens is 1. The second kappa shape index (κ2) is 10.1. The Morgan fingerprint density at radius 1 is 1.15 bits per heavy atom. The number of nitrogens with two attached hydrogens (primary N) is 1. The fraction of sp³-hybridized carbons (Fsp3) is 0.208. The second-order valence-electron chi connectivity index (χ2n) is 7.65. The first-order chi connectivity index (χ1) is 16.4. The van der Waals surface area contributed by atoms with Crippen molar-refractivity contribution in [2.45, 2.75) is 6.54 Å². The van der Waals surface area contributed by atoms with Gasteiger partial charge in [-0.3, -0.25) is 4.79 Å². The third-order valence-electron chi connectivity index (χ3n) is 5.29. The molecule has 174 valence electrons. The smallest absolute Gasteiger partial charge is 0.252 e. The number of carbonyl (C=O) groups excluding carboxylic acids is 1. The Bertz CT molecular complexity index is 1230. The number of carbonyl (C=O) groups is 1. The number of ether oxygens (including phenoxy) is 1. The third kappa shape index (κ3) is 5.39. The summed E-state index contributed by atoms with van der Waals surface area (Å²) in [6.45, 7) is 10.3. The highest BCUT2D eigenvalue weighted by molar-refractivity contribution is 5.98. The van der Waals surface area contributed by atoms with E-state index in [-0.39, 0.29) is 12.1 Å². The molecular formula is C24H22F2N6O2. The van der Waals surface area contributed by atoms with E-state index in [1.54, 1.807) is 12.1 Å². The molecular weight excluding hydrogens is 442 g/mol. The average molecular weight is 464 g/mol. The summed E-state index contributed by atoms with van der Waals surface area (Å²) >= 11 is 0. The van der Waals surface area contributed by atoms with Gasteiger partial charge in [-0.25, -0.2) is 18.6 Å². The zero-order chi connectivity index (χ0) is 24.1. The predicted molar refractivity (Wildman–Crippen MR) is 125 cm³/mol. The van der Waals surface area contributed by atoms with Crippen LogP contribution in [0.25, 0.3) is 4.85 Å². The summed E-state index contributed by atoms with van der Waals surface area (Å²) < 4.78 is 32.3. The summed E-state index contributed by atoms with van der Waals surface area (Å²) in [6, 6.07) is 10.2. The fourth-order valence-corrected chi connectivity index (χ4v) is 3.69. The zero-order valence-electron chi connectivity index (χ0n) is 18.1. The van der Waals surface area contributed by atoms with Crippen LogP contribution < -0.4 is 21.3 Å². The van der Waals surface area contributed by atoms with Gasteiger partial charge in [-0.2, -0.15) is 0 Å². The van der Waals surface area contributed by atoms with Gasteiger partial charge in [0.2, 0.25) is 5.69 Å². The summed E-state index contributed by atoms with van der Waals surface area (Å²) in [4.78, 5) is 21.8. The molecule has 34 heavy (non-hydrogen) atoms. The minimum absolute atomic E-state index is 0.0640. The fourth-order valence-electron chi connectivity index (χ4n) is 3.69. The van der Waals surface area contributed by atoms with Crippen LogP contribution in [0.5, 0.6) is 0 Å². The van der Waals surface area contributed by atoms with E-state index in [1.807, 2.05) is 12.1 Å². The maximum absolute atomic E-state index is 13.5. The van der Waals surface area contributed by atoms with Gasteiger partial charge in [0, 0.05) is 49.3 Å². The van der Waals surface area contributed by atoms with Crippen LogP contribution in [-0.4, -0.2) is 37.2 Å². The number of primary amides is 1. The molecule has 2 heterocycles. The molecule has 1 aliphatic heterocycles. The molecule has 8 nitrogen and oxygen atoms in total. The van der Waals surface area contributed by atoms with Crippen LogP contribution >= 0.6 is 0 Å². The number of nitrogens with zero attached hydrogens (tertiary/aromatic N) is 3. The molecule has 1 saturated heterocycles. The van der Waals surface area contributed by atoms with Crippen molar-refractivity contribution < 1.29 is 18.3 Å². The lowest BCUT2D eigenvalue weighted by atomic mass is 10.1. The molecule has 1 amide bonds. The van der Waals surface area contributed by atoms with Gasteiger partial charge in [0.15, 0.2) is 0 Å². The molecule has 0 radical (unpaired) electrons. The molecule has 2 aromatic carbocycles. The van der Waals surface area contributed by atoms with E-state index in [1.165, 1.54) is 18.3 Å². The molecule has 0 bridgehead atoms. The summed E-state index contributed by atoms with van der Waals surface area (Å²) in [6.07, 6.45) is 1.32. The van der Waals surface area contributed by atoms with E-state index in [4.69, 9.17) is 17.0 Å². The van der Waals surface area contributed by atoms with Gasteiger partial charge in [0.05, 0.1) is 31.0 Å². The van der Waals surface area contributed by atoms with Crippen molar-refractivity contribution in [2.24, 2.45) is 5.73 Å². The Labute approximate surface area is 195 Å². The van der Waals surface area contributed by atoms with Gasteiger partial charge in [-0.1, -0.05) is 0 Å². The summed E-state index contributed by atoms with van der Waals surface area (Å²) in [5.41, 5.74) is 8.27. The van der Waals surface area contributed by atoms with Crippen molar-refractivity contribution in [1.82, 2.24) is 4.98 Å². The number of hydrogen-bond acceptors (Lipinski definition) is 6. The molecule has 10 heteroatoms. The summed E-state index contributed by atoms with van der Waals surface area (Å²) in [5, 5.41) is 6.11. The standard InChI is InChI=1S/C24H22F2N6O2/c1-28-21-11-18(2-3-22(21)32-4-6-34-7-5-32)31-23-12-20(19(14-30-23)24(27)33)29-13-15-8-16(25)10-17(26)9-15/h2-3,8-12,14H,4-7,13H2,(H2,27,33)(H2,29,30,31). The van der Waals surface area contributed by atoms with Gasteiger partial charge in [-0.05, 0) is 35.9 Å². The third-order valence-corrected chi connectivity index (χ3v) is 5.29. The zero-order valence-corrected chi connectivity index (χ0v) is 18.1. The highest BCUT2D eigenvalue weighted by atomic mass is 19.1. The molecule has 0 aliphatic carbocycles. The Morgan fingerprint density at radius 2 is 1.88 bits per heavy atom. The topological polar surface area (TPSA) is 96.9 Å². The number of pyridine rings is 1. The average Bonchev–Trinajstić information content (AvgIpc) is 2.82. The Hall–Kier alpha value is -4.23. The van der Waals surface area contributed by atoms with Crippen molar-refractivity contribution >= 4 is 34.5 Å². The van der Waals surface area contributed by atoms with Gasteiger partial charge in [0.1, 0.15) is 17.5 Å². The summed E-state index contributed by atoms with van der Waals surface area (Å²) in [5.74, 6) is -1.69. The van der Waals surface area contributed by atoms with E-state index in [2.05, 4.69) is 25.4 Å². The van der Waals surface area contributed by atoms with Crippen LogP contribution in [0.1, 0.15) is 15.9 Å². The monoisotopic (exact) mass is 464 g/mol. The largest absolute Gasteiger partial charge is 0.380 e. The number of halogens is 2. The van der Waals surface area contributed by atoms with Crippen molar-refractivity contribution in [3.63, 3.8) is 0 Å². The number of anilines is 4. The van der Waals surface area contributed by atoms with Crippen molar-refractivity contribution in [3.8, 4) is 0 Å². The number of amides is 1. The Kier molecular flexibility index (Phi) is 6.85. The normalized spacial score (nSPS) is 13.3. The maximum Gasteiger partial charge on any atom is 0.252 e. The molecule has 0 spiro atoms. The molecule has 4 N–H and O–H groups in total. The molecule has 0 unspecified atom stereocenters. The maximum atomic E-state index is 13.5. The van der Waals surface area contributed by atoms with E-state index >= 15 is 0 Å². The predicted octanol–water partition coefficient (Wildman–Crippen LogP) is 4.20. The van der Waals surface area contributed by atoms with Gasteiger partial charge >= 0.3 is 0 Å². The second-order valence-corrected chi connectivity index (χ2v) is 7.65. The quantitative estimate of drug-likeness (QED) is 0.454. The lowest BCUT2D eigenvalue weighted by Crippen LogP contribution is -2.36. The van der Waals surface area contributed by atoms with Crippen LogP contribution in [0.2, 0.25) is 0 Å². The van der Waals surface area contributed by atoms with E-state index in [9.17, 15) is 13.6 Å². The molecule has 1 fully saturated rings. The number of nitrogens with one attached hydrogen (secondary N) is 2. The molecule has 0 atom stereocenters. The summed E-state index contributed by atoms with van der Waals surface area (Å²) in [7, 11) is 0. The van der Waals surface area contributed by atoms with E-state index < -0.39 is 17.5 Å². The van der Waals surface area contributed by atoms with Gasteiger partial charge in [0.25, 0.3) is 5.91 Å². The van der Waals surface area contributed by atoms with Crippen LogP contribution in [0.15, 0.2) is 48.7 Å². The van der Waals surface area contributed by atoms with Crippen LogP contribution in [0.3, 0.4) is 0 Å². The van der Waals surface area contributed by atoms with Crippen molar-refractivity contribution in [1.29, 1.82) is 0 Å². The number of rotatable bonds is 7. The highest BCUT2D eigenvalue weighted by Gasteiger charge is 2.16. The van der Waals surface area contributed by atoms with Crippen LogP contribution in [0.4, 0.5) is 37.3 Å². The Morgan fingerprint density at radius 3 is 2.56 bits per heavy atom. The number of morpholine rings is 1. The lowest BCUT2D eigenvalue weighted by Gasteiger charge is -2.30. The first-order valence-corrected chi connectivity index (χ1v) is 10.5. The Balaban J connectivity index is 1.55. The SMILES string of the molecule is [C-]#[N+]c1cc(Nc2cc(NCc3cc(F)cc(F)c3)c(C(N)=O)cn2)ccc1N1CCOCC1. The minimum Gasteiger partial charge on any atom is -0.380 e. The van der Waals surface area contributed by atoms with E-state index in [0.717, 1.165) is 24.8 Å². The van der Waals surface area contributed by atoms with Crippen LogP contribution in [-0.2, 0) is 11.3 Å². The number of hydrogen-bond donors (Lipinski definition) is 3. The minimum atomic E-state index is -0.697. The van der Waals surface area contributed by atoms with Crippen molar-refractivity contribution in [3.05, 3.63) is 82.8 Å². The van der Waals surface area contributed by atoms with E-state index in [0.29, 0.717) is 41.7 Å². The van der Waals surface area contributed by atoms with Gasteiger partial charge in [-0.15, -0.1) is 0 Å². The first kappa shape index (κ1) is 22.9. The van der Waals surface area contributed by atoms with Crippen LogP contribution in [0, 0.1) is 18.2 Å². The van der Waals surface area contributed by atoms with Crippen molar-refractivity contribution in [2.75, 3.05) is 41.8 Å². The lowest BCUT2D eigenvalue weighted by molar-refractivity contribution is 0.100. The molecule has 1 aliphatic rings.